The van der Waals surface area contributed by atoms with Gasteiger partial charge in [0.25, 0.3) is 0 Å². The predicted molar refractivity (Wildman–Crippen MR) is 75.8 cm³/mol. The van der Waals surface area contributed by atoms with E-state index in [1.54, 1.807) is 5.54 Å². The van der Waals surface area contributed by atoms with Crippen molar-refractivity contribution in [2.45, 2.75) is 38.5 Å². The summed E-state index contributed by atoms with van der Waals surface area (Å²) >= 11 is 5.70. The van der Waals surface area contributed by atoms with Crippen LogP contribution in [0.3, 0.4) is 0 Å². The molecule has 2 heteroatoms. The normalized spacial score (nSPS) is 25.2. The lowest BCUT2D eigenvalue weighted by atomic mass is 9.75. The van der Waals surface area contributed by atoms with E-state index in [2.05, 4.69) is 24.3 Å². The Morgan fingerprint density at radius 2 is 2.11 bits per heavy atom. The summed E-state index contributed by atoms with van der Waals surface area (Å²) in [7, 11) is 0. The van der Waals surface area contributed by atoms with Gasteiger partial charge in [-0.1, -0.05) is 47.5 Å². The van der Waals surface area contributed by atoms with E-state index in [9.17, 15) is 4.79 Å². The molecule has 0 N–H and O–H groups in total. The van der Waals surface area contributed by atoms with E-state index in [4.69, 9.17) is 11.6 Å². The minimum atomic E-state index is 0.152. The third-order valence-electron chi connectivity index (χ3n) is 3.79. The van der Waals surface area contributed by atoms with Crippen LogP contribution in [-0.4, -0.2) is 5.78 Å². The molecule has 0 aromatic heterocycles. The van der Waals surface area contributed by atoms with Crippen molar-refractivity contribution in [1.29, 1.82) is 0 Å². The van der Waals surface area contributed by atoms with E-state index in [-0.39, 0.29) is 5.92 Å². The maximum absolute atomic E-state index is 12.0. The SMILES string of the molecule is C/C(=C/Cl)CC1CC(c2ccccc2)CCC1=O. The Morgan fingerprint density at radius 3 is 2.78 bits per heavy atom. The Labute approximate surface area is 114 Å². The van der Waals surface area contributed by atoms with E-state index >= 15 is 0 Å². The Morgan fingerprint density at radius 1 is 1.39 bits per heavy atom. The van der Waals surface area contributed by atoms with Gasteiger partial charge in [0, 0.05) is 17.9 Å². The Kier molecular flexibility index (Phi) is 4.60. The maximum Gasteiger partial charge on any atom is 0.136 e. The quantitative estimate of drug-likeness (QED) is 0.774. The monoisotopic (exact) mass is 262 g/mol. The fourth-order valence-corrected chi connectivity index (χ4v) is 2.86. The number of carbonyl (C=O) groups excluding carboxylic acids is 1. The Bertz CT molecular complexity index is 436. The highest BCUT2D eigenvalue weighted by Gasteiger charge is 2.29. The molecule has 1 aliphatic rings. The van der Waals surface area contributed by atoms with Crippen LogP contribution in [0, 0.1) is 5.92 Å². The second kappa shape index (κ2) is 6.19. The molecule has 1 fully saturated rings. The molecule has 0 bridgehead atoms. The first kappa shape index (κ1) is 13.4. The van der Waals surface area contributed by atoms with Gasteiger partial charge >= 0.3 is 0 Å². The number of hydrogen-bond donors (Lipinski definition) is 0. The third-order valence-corrected chi connectivity index (χ3v) is 4.16. The van der Waals surface area contributed by atoms with Crippen molar-refractivity contribution in [3.63, 3.8) is 0 Å². The summed E-state index contributed by atoms with van der Waals surface area (Å²) in [6.07, 6.45) is 3.47. The maximum atomic E-state index is 12.0. The lowest BCUT2D eigenvalue weighted by molar-refractivity contribution is -0.124. The van der Waals surface area contributed by atoms with Gasteiger partial charge in [0.15, 0.2) is 0 Å². The number of rotatable bonds is 3. The molecule has 0 saturated heterocycles. The Balaban J connectivity index is 2.07. The minimum Gasteiger partial charge on any atom is -0.299 e. The topological polar surface area (TPSA) is 17.1 Å². The molecule has 1 saturated carbocycles. The molecule has 0 amide bonds. The number of carbonyl (C=O) groups is 1. The van der Waals surface area contributed by atoms with Crippen LogP contribution in [0.4, 0.5) is 0 Å². The van der Waals surface area contributed by atoms with E-state index in [1.165, 1.54) is 5.56 Å². The number of ketones is 1. The van der Waals surface area contributed by atoms with Crippen molar-refractivity contribution < 1.29 is 4.79 Å². The van der Waals surface area contributed by atoms with Crippen molar-refractivity contribution in [2.24, 2.45) is 5.92 Å². The first-order chi connectivity index (χ1) is 8.70. The van der Waals surface area contributed by atoms with Gasteiger partial charge in [0.1, 0.15) is 5.78 Å². The molecular formula is C16H19ClO. The summed E-state index contributed by atoms with van der Waals surface area (Å²) in [5.74, 6) is 1.08. The highest BCUT2D eigenvalue weighted by Crippen LogP contribution is 2.36. The summed E-state index contributed by atoms with van der Waals surface area (Å²) < 4.78 is 0. The van der Waals surface area contributed by atoms with Crippen LogP contribution in [0.1, 0.15) is 44.1 Å². The minimum absolute atomic E-state index is 0.152. The Hall–Kier alpha value is -1.08. The fraction of sp³-hybridized carbons (Fsp3) is 0.438. The summed E-state index contributed by atoms with van der Waals surface area (Å²) in [5.41, 5.74) is 4.06. The van der Waals surface area contributed by atoms with Crippen LogP contribution in [0.5, 0.6) is 0 Å². The average molecular weight is 263 g/mol. The number of benzene rings is 1. The first-order valence-corrected chi connectivity index (χ1v) is 6.98. The van der Waals surface area contributed by atoms with Gasteiger partial charge in [0.2, 0.25) is 0 Å². The van der Waals surface area contributed by atoms with Crippen LogP contribution >= 0.6 is 11.6 Å². The van der Waals surface area contributed by atoms with Crippen LogP contribution in [0.25, 0.3) is 0 Å². The molecular weight excluding hydrogens is 244 g/mol. The lowest BCUT2D eigenvalue weighted by Crippen LogP contribution is -2.24. The molecule has 0 radical (unpaired) electrons. The van der Waals surface area contributed by atoms with E-state index < -0.39 is 0 Å². The average Bonchev–Trinajstić information content (AvgIpc) is 2.42. The third kappa shape index (κ3) is 3.23. The second-order valence-corrected chi connectivity index (χ2v) is 5.42. The van der Waals surface area contributed by atoms with Gasteiger partial charge < -0.3 is 0 Å². The van der Waals surface area contributed by atoms with Gasteiger partial charge in [-0.05, 0) is 37.7 Å². The van der Waals surface area contributed by atoms with E-state index in [1.807, 2.05) is 13.0 Å². The van der Waals surface area contributed by atoms with Gasteiger partial charge in [0.05, 0.1) is 0 Å². The van der Waals surface area contributed by atoms with Crippen molar-refractivity contribution in [2.75, 3.05) is 0 Å². The van der Waals surface area contributed by atoms with Crippen molar-refractivity contribution in [3.8, 4) is 0 Å². The highest BCUT2D eigenvalue weighted by atomic mass is 35.5. The molecule has 1 aliphatic carbocycles. The predicted octanol–water partition coefficient (Wildman–Crippen LogP) is 4.67. The van der Waals surface area contributed by atoms with Crippen molar-refractivity contribution in [1.82, 2.24) is 0 Å². The number of Topliss-reactive ketones (excluding diaryl/α,β-unsaturated/α-hetero) is 1. The zero-order valence-corrected chi connectivity index (χ0v) is 11.5. The summed E-state index contributed by atoms with van der Waals surface area (Å²) in [6.45, 7) is 1.99. The molecule has 0 spiro atoms. The second-order valence-electron chi connectivity index (χ2n) is 5.20. The molecule has 1 nitrogen and oxygen atoms in total. The molecule has 2 atom stereocenters. The van der Waals surface area contributed by atoms with E-state index in [0.717, 1.165) is 24.8 Å². The van der Waals surface area contributed by atoms with Crippen molar-refractivity contribution >= 4 is 17.4 Å². The largest absolute Gasteiger partial charge is 0.299 e. The van der Waals surface area contributed by atoms with Gasteiger partial charge in [-0.2, -0.15) is 0 Å². The zero-order valence-electron chi connectivity index (χ0n) is 10.7. The summed E-state index contributed by atoms with van der Waals surface area (Å²) in [4.78, 5) is 12.0. The zero-order chi connectivity index (χ0) is 13.0. The first-order valence-electron chi connectivity index (χ1n) is 6.54. The lowest BCUT2D eigenvalue weighted by Gasteiger charge is -2.28. The molecule has 18 heavy (non-hydrogen) atoms. The van der Waals surface area contributed by atoms with Crippen LogP contribution in [0.2, 0.25) is 0 Å². The molecule has 2 unspecified atom stereocenters. The van der Waals surface area contributed by atoms with E-state index in [0.29, 0.717) is 18.1 Å². The molecule has 1 aromatic rings. The molecule has 96 valence electrons. The highest BCUT2D eigenvalue weighted by molar-refractivity contribution is 6.25. The van der Waals surface area contributed by atoms with Gasteiger partial charge in [-0.15, -0.1) is 0 Å². The van der Waals surface area contributed by atoms with Gasteiger partial charge in [-0.3, -0.25) is 4.79 Å². The fourth-order valence-electron chi connectivity index (χ4n) is 2.77. The number of allylic oxidation sites excluding steroid dienone is 1. The smallest absolute Gasteiger partial charge is 0.136 e. The number of halogens is 1. The summed E-state index contributed by atoms with van der Waals surface area (Å²) in [6, 6.07) is 10.5. The standard InChI is InChI=1S/C16H19ClO/c1-12(11-17)9-15-10-14(7-8-16(15)18)13-5-3-2-4-6-13/h2-6,11,14-15H,7-10H2,1H3/b12-11-. The number of hydrogen-bond acceptors (Lipinski definition) is 1. The molecule has 0 aliphatic heterocycles. The van der Waals surface area contributed by atoms with Gasteiger partial charge in [-0.25, -0.2) is 0 Å². The van der Waals surface area contributed by atoms with Crippen molar-refractivity contribution in [3.05, 3.63) is 47.0 Å². The summed E-state index contributed by atoms with van der Waals surface area (Å²) in [5, 5.41) is 0. The molecule has 1 aromatic carbocycles. The van der Waals surface area contributed by atoms with Crippen LogP contribution < -0.4 is 0 Å². The van der Waals surface area contributed by atoms with Crippen LogP contribution in [0.15, 0.2) is 41.4 Å². The van der Waals surface area contributed by atoms with Crippen LogP contribution in [-0.2, 0) is 4.79 Å². The molecule has 2 rings (SSSR count). The molecule has 0 heterocycles.